The minimum Gasteiger partial charge on any atom is -0.507 e. The highest BCUT2D eigenvalue weighted by Gasteiger charge is 2.11. The van der Waals surface area contributed by atoms with Crippen LogP contribution < -0.4 is 0 Å². The first-order valence-corrected chi connectivity index (χ1v) is 6.33. The van der Waals surface area contributed by atoms with E-state index < -0.39 is 5.78 Å². The third-order valence-corrected chi connectivity index (χ3v) is 2.81. The van der Waals surface area contributed by atoms with Crippen LogP contribution in [0.1, 0.15) is 21.9 Å². The maximum Gasteiger partial charge on any atom is 0.244 e. The minimum atomic E-state index is -0.552. The van der Waals surface area contributed by atoms with Crippen molar-refractivity contribution in [3.05, 3.63) is 59.9 Å². The van der Waals surface area contributed by atoms with Gasteiger partial charge < -0.3 is 5.11 Å². The molecule has 9 heteroatoms. The molecule has 3 rings (SSSR count). The number of tetrazole rings is 1. The smallest absolute Gasteiger partial charge is 0.244 e. The summed E-state index contributed by atoms with van der Waals surface area (Å²) in [5, 5.41) is 26.6. The Bertz CT molecular complexity index is 793. The molecule has 0 unspecified atom stereocenters. The summed E-state index contributed by atoms with van der Waals surface area (Å²) in [4.78, 5) is 15.9. The number of aliphatic hydroxyl groups is 1. The fourth-order valence-corrected chi connectivity index (χ4v) is 1.78. The lowest BCUT2D eigenvalue weighted by Gasteiger charge is -1.99. The molecule has 0 aliphatic rings. The second-order valence-electron chi connectivity index (χ2n) is 4.38. The number of nitrogens with one attached hydrogen (secondary N) is 1. The number of carbonyl (C=O) groups is 1. The predicted octanol–water partition coefficient (Wildman–Crippen LogP) is 0.621. The van der Waals surface area contributed by atoms with Crippen LogP contribution in [0.15, 0.2) is 42.9 Å². The van der Waals surface area contributed by atoms with Crippen molar-refractivity contribution < 1.29 is 9.90 Å². The number of aromatic amines is 1. The van der Waals surface area contributed by atoms with Crippen molar-refractivity contribution in [2.45, 2.75) is 6.54 Å². The molecule has 0 saturated heterocycles. The van der Waals surface area contributed by atoms with Gasteiger partial charge in [-0.2, -0.15) is 10.3 Å². The number of hydrogen-bond donors (Lipinski definition) is 2. The second-order valence-corrected chi connectivity index (χ2v) is 4.38. The number of pyridine rings is 1. The van der Waals surface area contributed by atoms with Gasteiger partial charge >= 0.3 is 0 Å². The van der Waals surface area contributed by atoms with Gasteiger partial charge in [0, 0.05) is 18.5 Å². The van der Waals surface area contributed by atoms with Crippen LogP contribution in [0.4, 0.5) is 0 Å². The summed E-state index contributed by atoms with van der Waals surface area (Å²) in [5.74, 6) is -0.891. The quantitative estimate of drug-likeness (QED) is 0.402. The van der Waals surface area contributed by atoms with Crippen LogP contribution >= 0.6 is 0 Å². The first-order valence-electron chi connectivity index (χ1n) is 6.33. The molecular weight excluding hydrogens is 286 g/mol. The van der Waals surface area contributed by atoms with Crippen molar-refractivity contribution in [3.8, 4) is 0 Å². The summed E-state index contributed by atoms with van der Waals surface area (Å²) in [6, 6.07) is 5.58. The van der Waals surface area contributed by atoms with E-state index in [-0.39, 0.29) is 11.6 Å². The maximum absolute atomic E-state index is 11.7. The Morgan fingerprint density at radius 2 is 2.32 bits per heavy atom. The van der Waals surface area contributed by atoms with Gasteiger partial charge in [-0.15, -0.1) is 10.2 Å². The highest BCUT2D eigenvalue weighted by atomic mass is 16.3. The minimum absolute atomic E-state index is 0.118. The van der Waals surface area contributed by atoms with Crippen LogP contribution in [-0.2, 0) is 6.54 Å². The van der Waals surface area contributed by atoms with Gasteiger partial charge in [0.05, 0.1) is 24.0 Å². The molecule has 0 aliphatic carbocycles. The Balaban J connectivity index is 1.74. The molecule has 3 aromatic rings. The van der Waals surface area contributed by atoms with E-state index in [1.165, 1.54) is 6.20 Å². The molecule has 9 nitrogen and oxygen atoms in total. The lowest BCUT2D eigenvalue weighted by Crippen LogP contribution is -2.01. The van der Waals surface area contributed by atoms with Crippen molar-refractivity contribution >= 4 is 11.5 Å². The van der Waals surface area contributed by atoms with Crippen molar-refractivity contribution in [1.29, 1.82) is 0 Å². The fourth-order valence-electron chi connectivity index (χ4n) is 1.78. The normalized spacial score (nSPS) is 11.5. The molecule has 0 radical (unpaired) electrons. The fraction of sp³-hybridized carbons (Fsp3) is 0.0769. The van der Waals surface area contributed by atoms with Crippen LogP contribution in [0, 0.1) is 0 Å². The van der Waals surface area contributed by atoms with Crippen LogP contribution in [0.5, 0.6) is 0 Å². The zero-order valence-electron chi connectivity index (χ0n) is 11.3. The molecule has 0 saturated carbocycles. The summed E-state index contributed by atoms with van der Waals surface area (Å²) >= 11 is 0. The van der Waals surface area contributed by atoms with E-state index in [0.717, 1.165) is 11.8 Å². The summed E-state index contributed by atoms with van der Waals surface area (Å²) in [7, 11) is 0. The topological polar surface area (TPSA) is 122 Å². The van der Waals surface area contributed by atoms with Gasteiger partial charge in [-0.05, 0) is 17.3 Å². The van der Waals surface area contributed by atoms with Crippen molar-refractivity contribution in [2.24, 2.45) is 0 Å². The molecular formula is C13H11N7O2. The third kappa shape index (κ3) is 3.03. The van der Waals surface area contributed by atoms with Gasteiger partial charge in [-0.25, -0.2) is 0 Å². The first kappa shape index (κ1) is 13.6. The second kappa shape index (κ2) is 5.95. The van der Waals surface area contributed by atoms with Gasteiger partial charge in [0.2, 0.25) is 11.6 Å². The molecule has 2 N–H and O–H groups in total. The molecule has 0 atom stereocenters. The number of aromatic nitrogens is 7. The Morgan fingerprint density at radius 3 is 3.05 bits per heavy atom. The van der Waals surface area contributed by atoms with Crippen LogP contribution in [0.25, 0.3) is 5.76 Å². The number of nitrogens with zero attached hydrogens (tertiary/aromatic N) is 6. The lowest BCUT2D eigenvalue weighted by molar-refractivity contribution is 0.103. The van der Waals surface area contributed by atoms with Crippen molar-refractivity contribution in [2.75, 3.05) is 0 Å². The van der Waals surface area contributed by atoms with E-state index in [9.17, 15) is 9.90 Å². The Kier molecular flexibility index (Phi) is 3.69. The highest BCUT2D eigenvalue weighted by molar-refractivity contribution is 6.05. The highest BCUT2D eigenvalue weighted by Crippen LogP contribution is 2.11. The monoisotopic (exact) mass is 297 g/mol. The molecule has 0 amide bonds. The van der Waals surface area contributed by atoms with Gasteiger partial charge in [-0.3, -0.25) is 14.5 Å². The molecule has 22 heavy (non-hydrogen) atoms. The van der Waals surface area contributed by atoms with Crippen LogP contribution in [0.3, 0.4) is 0 Å². The SMILES string of the molecule is O=C(C=C(O)c1cnn(Cc2ccccn2)c1)c1nn[nH]n1. The third-order valence-electron chi connectivity index (χ3n) is 2.81. The number of allylic oxidation sites excluding steroid dienone is 1. The number of rotatable bonds is 5. The van der Waals surface area contributed by atoms with E-state index in [0.29, 0.717) is 12.1 Å². The molecule has 3 heterocycles. The van der Waals surface area contributed by atoms with Crippen molar-refractivity contribution in [1.82, 2.24) is 35.4 Å². The van der Waals surface area contributed by atoms with E-state index in [1.54, 1.807) is 17.1 Å². The molecule has 0 spiro atoms. The van der Waals surface area contributed by atoms with E-state index >= 15 is 0 Å². The van der Waals surface area contributed by atoms with E-state index in [1.807, 2.05) is 18.2 Å². The first-order chi connectivity index (χ1) is 10.7. The zero-order chi connectivity index (χ0) is 15.4. The summed E-state index contributed by atoms with van der Waals surface area (Å²) in [6.07, 6.45) is 5.79. The predicted molar refractivity (Wildman–Crippen MR) is 74.7 cm³/mol. The van der Waals surface area contributed by atoms with Gasteiger partial charge in [0.1, 0.15) is 5.76 Å². The summed E-state index contributed by atoms with van der Waals surface area (Å²) in [6.45, 7) is 0.465. The molecule has 0 aliphatic heterocycles. The molecule has 0 fully saturated rings. The average Bonchev–Trinajstić information content (AvgIpc) is 3.19. The van der Waals surface area contributed by atoms with Crippen molar-refractivity contribution in [3.63, 3.8) is 0 Å². The van der Waals surface area contributed by atoms with E-state index in [4.69, 9.17) is 0 Å². The maximum atomic E-state index is 11.7. The van der Waals surface area contributed by atoms with Crippen LogP contribution in [0.2, 0.25) is 0 Å². The Labute approximate surface area is 124 Å². The van der Waals surface area contributed by atoms with Gasteiger partial charge in [0.15, 0.2) is 0 Å². The molecule has 110 valence electrons. The molecule has 0 bridgehead atoms. The molecule has 3 aromatic heterocycles. The van der Waals surface area contributed by atoms with E-state index in [2.05, 4.69) is 30.7 Å². The summed E-state index contributed by atoms with van der Waals surface area (Å²) in [5.41, 5.74) is 1.25. The average molecular weight is 297 g/mol. The Morgan fingerprint density at radius 1 is 1.41 bits per heavy atom. The number of aliphatic hydroxyl groups excluding tert-OH is 1. The lowest BCUT2D eigenvalue weighted by atomic mass is 10.2. The molecule has 0 aromatic carbocycles. The standard InChI is InChI=1S/C13H11N7O2/c21-11(5-12(22)13-16-18-19-17-13)9-6-15-20(7-9)8-10-3-1-2-4-14-10/h1-7,21H,8H2,(H,16,17,18,19). The summed E-state index contributed by atoms with van der Waals surface area (Å²) < 4.78 is 1.61. The largest absolute Gasteiger partial charge is 0.507 e. The number of carbonyl (C=O) groups excluding carboxylic acids is 1. The Hall–Kier alpha value is -3.36. The number of H-pyrrole nitrogens is 1. The number of hydrogen-bond acceptors (Lipinski definition) is 7. The number of ketones is 1. The van der Waals surface area contributed by atoms with Gasteiger partial charge in [-0.1, -0.05) is 6.07 Å². The van der Waals surface area contributed by atoms with Gasteiger partial charge in [0.25, 0.3) is 0 Å². The van der Waals surface area contributed by atoms with Crippen LogP contribution in [-0.4, -0.2) is 46.3 Å². The zero-order valence-corrected chi connectivity index (χ0v) is 11.3.